The number of hydrogen-bond donors (Lipinski definition) is 3. The summed E-state index contributed by atoms with van der Waals surface area (Å²) in [4.78, 5) is 9.79. The van der Waals surface area contributed by atoms with Crippen LogP contribution in [0.1, 0.15) is 31.2 Å². The fourth-order valence-corrected chi connectivity index (χ4v) is 7.36. The lowest BCUT2D eigenvalue weighted by Gasteiger charge is -2.28. The molecule has 4 rings (SSSR count). The Morgan fingerprint density at radius 1 is 0.917 bits per heavy atom. The molecule has 1 aromatic heterocycles. The Bertz CT molecular complexity index is 1500. The van der Waals surface area contributed by atoms with Gasteiger partial charge in [0.05, 0.1) is 16.0 Å². The first-order valence-electron chi connectivity index (χ1n) is 10.8. The van der Waals surface area contributed by atoms with Crippen molar-refractivity contribution in [2.45, 2.75) is 53.7 Å². The highest BCUT2D eigenvalue weighted by Crippen LogP contribution is 2.40. The van der Waals surface area contributed by atoms with Gasteiger partial charge in [0.25, 0.3) is 10.0 Å². The number of nitrogens with zero attached hydrogens (tertiary/aromatic N) is 1. The van der Waals surface area contributed by atoms with Crippen molar-refractivity contribution in [1.82, 2.24) is 14.0 Å². The maximum Gasteiger partial charge on any atom is 0.417 e. The molecule has 0 spiro atoms. The predicted molar refractivity (Wildman–Crippen MR) is 123 cm³/mol. The van der Waals surface area contributed by atoms with E-state index in [9.17, 15) is 34.8 Å². The number of rotatable bonds is 6. The fraction of sp³-hybridized carbons (Fsp3) is 0.318. The molecule has 0 bridgehead atoms. The molecule has 0 atom stereocenters. The Kier molecular flexibility index (Phi) is 6.79. The molecular formula is C22H22F3N3O6S2. The summed E-state index contributed by atoms with van der Waals surface area (Å²) in [5, 5.41) is 10.4. The highest BCUT2D eigenvalue weighted by molar-refractivity contribution is 7.91. The summed E-state index contributed by atoms with van der Waals surface area (Å²) in [5.41, 5.74) is -1.71. The minimum Gasteiger partial charge on any atom is -0.465 e. The fourth-order valence-electron chi connectivity index (χ4n) is 4.38. The number of fused-ring (bicyclic) bond motifs is 1. The first-order valence-corrected chi connectivity index (χ1v) is 13.8. The molecule has 1 amide bonds. The first kappa shape index (κ1) is 26.0. The third-order valence-electron chi connectivity index (χ3n) is 6.03. The SMILES string of the molecule is O=C(O)NC1CCC(NS(=O)(=O)c2cn(S(=O)(=O)c3ccccc3)c3cccc(C(F)(F)F)c23)CC1. The van der Waals surface area contributed by atoms with E-state index in [1.165, 1.54) is 24.3 Å². The second-order valence-electron chi connectivity index (χ2n) is 8.42. The lowest BCUT2D eigenvalue weighted by Crippen LogP contribution is -2.43. The Balaban J connectivity index is 1.80. The summed E-state index contributed by atoms with van der Waals surface area (Å²) in [6.07, 6.45) is -4.30. The van der Waals surface area contributed by atoms with Crippen molar-refractivity contribution in [3.05, 3.63) is 60.3 Å². The number of sulfonamides is 1. The van der Waals surface area contributed by atoms with E-state index in [0.29, 0.717) is 29.1 Å². The molecule has 9 nitrogen and oxygen atoms in total. The van der Waals surface area contributed by atoms with Crippen LogP contribution in [0.3, 0.4) is 0 Å². The van der Waals surface area contributed by atoms with Crippen molar-refractivity contribution in [3.8, 4) is 0 Å². The standard InChI is InChI=1S/C22H22F3N3O6S2/c23-22(24,25)17-7-4-8-18-20(17)19(13-28(18)36(33,34)16-5-2-1-3-6-16)35(31,32)27-15-11-9-14(10-12-15)26-21(29)30/h1-8,13-15,26-27H,9-12H2,(H,29,30). The van der Waals surface area contributed by atoms with Gasteiger partial charge in [-0.05, 0) is 49.9 Å². The number of hydrogen-bond acceptors (Lipinski definition) is 5. The third kappa shape index (κ3) is 5.06. The summed E-state index contributed by atoms with van der Waals surface area (Å²) in [5.74, 6) is 0. The molecule has 1 saturated carbocycles. The van der Waals surface area contributed by atoms with E-state index in [4.69, 9.17) is 5.11 Å². The smallest absolute Gasteiger partial charge is 0.417 e. The quantitative estimate of drug-likeness (QED) is 0.432. The van der Waals surface area contributed by atoms with Gasteiger partial charge in [-0.3, -0.25) is 0 Å². The number of halogens is 3. The van der Waals surface area contributed by atoms with E-state index in [1.807, 2.05) is 0 Å². The monoisotopic (exact) mass is 545 g/mol. The van der Waals surface area contributed by atoms with Crippen LogP contribution in [0.4, 0.5) is 18.0 Å². The molecule has 0 aliphatic heterocycles. The van der Waals surface area contributed by atoms with Gasteiger partial charge in [0.15, 0.2) is 0 Å². The van der Waals surface area contributed by atoms with Crippen molar-refractivity contribution in [3.63, 3.8) is 0 Å². The van der Waals surface area contributed by atoms with E-state index in [0.717, 1.165) is 12.1 Å². The minimum atomic E-state index is -4.95. The van der Waals surface area contributed by atoms with Gasteiger partial charge in [-0.1, -0.05) is 24.3 Å². The van der Waals surface area contributed by atoms with Crippen LogP contribution in [0.15, 0.2) is 64.5 Å². The van der Waals surface area contributed by atoms with Crippen LogP contribution < -0.4 is 10.0 Å². The summed E-state index contributed by atoms with van der Waals surface area (Å²) in [7, 11) is -9.03. The Labute approximate surface area is 205 Å². The van der Waals surface area contributed by atoms with Gasteiger partial charge < -0.3 is 10.4 Å². The number of nitrogens with one attached hydrogen (secondary N) is 2. The normalized spacial score (nSPS) is 19.3. The van der Waals surface area contributed by atoms with Gasteiger partial charge in [-0.2, -0.15) is 13.2 Å². The van der Waals surface area contributed by atoms with Crippen molar-refractivity contribution < 1.29 is 39.9 Å². The summed E-state index contributed by atoms with van der Waals surface area (Å²) < 4.78 is 97.8. The van der Waals surface area contributed by atoms with Crippen LogP contribution in [0.5, 0.6) is 0 Å². The number of carboxylic acid groups (broad SMARTS) is 1. The summed E-state index contributed by atoms with van der Waals surface area (Å²) in [6, 6.07) is 8.76. The van der Waals surface area contributed by atoms with Crippen LogP contribution in [-0.2, 0) is 26.2 Å². The zero-order valence-corrected chi connectivity index (χ0v) is 20.2. The number of benzene rings is 2. The predicted octanol–water partition coefficient (Wildman–Crippen LogP) is 3.75. The maximum absolute atomic E-state index is 13.9. The lowest BCUT2D eigenvalue weighted by molar-refractivity contribution is -0.136. The molecule has 1 aliphatic carbocycles. The molecular weight excluding hydrogens is 523 g/mol. The molecule has 0 unspecified atom stereocenters. The molecule has 3 aromatic rings. The van der Waals surface area contributed by atoms with Gasteiger partial charge in [0.2, 0.25) is 10.0 Å². The molecule has 1 aliphatic rings. The highest BCUT2D eigenvalue weighted by Gasteiger charge is 2.38. The van der Waals surface area contributed by atoms with Gasteiger partial charge in [0, 0.05) is 23.7 Å². The second-order valence-corrected chi connectivity index (χ2v) is 11.9. The third-order valence-corrected chi connectivity index (χ3v) is 9.25. The molecule has 1 fully saturated rings. The molecule has 0 saturated heterocycles. The number of alkyl halides is 3. The zero-order chi connectivity index (χ0) is 26.3. The number of carbonyl (C=O) groups is 1. The Morgan fingerprint density at radius 2 is 1.53 bits per heavy atom. The van der Waals surface area contributed by atoms with Crippen LogP contribution in [0, 0.1) is 0 Å². The average Bonchev–Trinajstić information content (AvgIpc) is 3.21. The number of amides is 1. The molecule has 36 heavy (non-hydrogen) atoms. The summed E-state index contributed by atoms with van der Waals surface area (Å²) >= 11 is 0. The zero-order valence-electron chi connectivity index (χ0n) is 18.6. The van der Waals surface area contributed by atoms with E-state index >= 15 is 0 Å². The Morgan fingerprint density at radius 3 is 2.11 bits per heavy atom. The Hall–Kier alpha value is -3.10. The molecule has 3 N–H and O–H groups in total. The average molecular weight is 546 g/mol. The topological polar surface area (TPSA) is 135 Å². The van der Waals surface area contributed by atoms with Crippen LogP contribution >= 0.6 is 0 Å². The number of aromatic nitrogens is 1. The largest absolute Gasteiger partial charge is 0.465 e. The van der Waals surface area contributed by atoms with Gasteiger partial charge in [-0.25, -0.2) is 30.3 Å². The van der Waals surface area contributed by atoms with E-state index in [1.54, 1.807) is 6.07 Å². The highest BCUT2D eigenvalue weighted by atomic mass is 32.2. The van der Waals surface area contributed by atoms with Crippen molar-refractivity contribution >= 4 is 37.0 Å². The van der Waals surface area contributed by atoms with Crippen molar-refractivity contribution in [2.75, 3.05) is 0 Å². The molecule has 194 valence electrons. The van der Waals surface area contributed by atoms with Gasteiger partial charge in [0.1, 0.15) is 4.90 Å². The van der Waals surface area contributed by atoms with E-state index in [2.05, 4.69) is 10.0 Å². The van der Waals surface area contributed by atoms with Crippen molar-refractivity contribution in [2.24, 2.45) is 0 Å². The lowest BCUT2D eigenvalue weighted by atomic mass is 9.92. The maximum atomic E-state index is 13.9. The van der Waals surface area contributed by atoms with E-state index in [-0.39, 0.29) is 23.8 Å². The van der Waals surface area contributed by atoms with E-state index < -0.39 is 59.7 Å². The molecule has 1 heterocycles. The minimum absolute atomic E-state index is 0.222. The summed E-state index contributed by atoms with van der Waals surface area (Å²) in [6.45, 7) is 0. The first-order chi connectivity index (χ1) is 16.8. The molecule has 2 aromatic carbocycles. The van der Waals surface area contributed by atoms with Crippen LogP contribution in [-0.4, -0.2) is 44.1 Å². The van der Waals surface area contributed by atoms with Crippen LogP contribution in [0.25, 0.3) is 10.9 Å². The van der Waals surface area contributed by atoms with Gasteiger partial charge >= 0.3 is 12.3 Å². The molecule has 0 radical (unpaired) electrons. The molecule has 14 heteroatoms. The van der Waals surface area contributed by atoms with Crippen LogP contribution in [0.2, 0.25) is 0 Å². The van der Waals surface area contributed by atoms with Gasteiger partial charge in [-0.15, -0.1) is 0 Å². The van der Waals surface area contributed by atoms with Crippen molar-refractivity contribution in [1.29, 1.82) is 0 Å². The second kappa shape index (κ2) is 9.41.